The highest BCUT2D eigenvalue weighted by Crippen LogP contribution is 2.28. The summed E-state index contributed by atoms with van der Waals surface area (Å²) in [7, 11) is 0. The van der Waals surface area contributed by atoms with Crippen LogP contribution in [0, 0.1) is 11.7 Å². The molecule has 170 valence electrons. The second kappa shape index (κ2) is 10.3. The van der Waals surface area contributed by atoms with Gasteiger partial charge in [0, 0.05) is 50.5 Å². The molecule has 0 saturated carbocycles. The molecule has 0 aromatic heterocycles. The highest BCUT2D eigenvalue weighted by atomic mass is 35.5. The molecule has 2 fully saturated rings. The van der Waals surface area contributed by atoms with E-state index in [-0.39, 0.29) is 28.9 Å². The number of hydrogen-bond donors (Lipinski definition) is 0. The quantitative estimate of drug-likeness (QED) is 0.647. The van der Waals surface area contributed by atoms with Gasteiger partial charge in [-0.2, -0.15) is 0 Å². The van der Waals surface area contributed by atoms with Crippen molar-refractivity contribution in [1.29, 1.82) is 0 Å². The lowest BCUT2D eigenvalue weighted by Gasteiger charge is -2.39. The number of hydrogen-bond acceptors (Lipinski definition) is 3. The fraction of sp³-hybridized carbons (Fsp3) is 0.440. The van der Waals surface area contributed by atoms with Crippen molar-refractivity contribution in [2.75, 3.05) is 26.2 Å². The average Bonchev–Trinajstić information content (AvgIpc) is 2.82. The SMILES string of the molecule is O=C(C[C@H]1CN(C(=O)c2ccc(F)c(Cl)c2)CC[C@@H]1Oc1ccccc1)N1CCCCC1. The minimum Gasteiger partial charge on any atom is -0.490 e. The van der Waals surface area contributed by atoms with E-state index in [1.807, 2.05) is 35.2 Å². The first-order valence-electron chi connectivity index (χ1n) is 11.2. The first-order chi connectivity index (χ1) is 15.5. The molecule has 0 bridgehead atoms. The maximum absolute atomic E-state index is 13.5. The summed E-state index contributed by atoms with van der Waals surface area (Å²) in [6, 6.07) is 13.6. The summed E-state index contributed by atoms with van der Waals surface area (Å²) >= 11 is 5.88. The summed E-state index contributed by atoms with van der Waals surface area (Å²) in [5, 5.41) is -0.0741. The lowest BCUT2D eigenvalue weighted by Crippen LogP contribution is -2.49. The molecule has 0 N–H and O–H groups in total. The third kappa shape index (κ3) is 5.41. The molecule has 32 heavy (non-hydrogen) atoms. The number of amides is 2. The zero-order valence-corrected chi connectivity index (χ0v) is 18.8. The predicted octanol–water partition coefficient (Wildman–Crippen LogP) is 4.79. The van der Waals surface area contributed by atoms with Gasteiger partial charge in [-0.05, 0) is 49.6 Å². The number of nitrogens with zero attached hydrogens (tertiary/aromatic N) is 2. The Labute approximate surface area is 193 Å². The van der Waals surface area contributed by atoms with Crippen molar-refractivity contribution in [1.82, 2.24) is 9.80 Å². The number of carbonyl (C=O) groups excluding carboxylic acids is 2. The molecule has 0 radical (unpaired) electrons. The summed E-state index contributed by atoms with van der Waals surface area (Å²) in [4.78, 5) is 29.7. The Balaban J connectivity index is 1.49. The van der Waals surface area contributed by atoms with Crippen LogP contribution in [0.5, 0.6) is 5.75 Å². The zero-order valence-electron chi connectivity index (χ0n) is 18.0. The van der Waals surface area contributed by atoms with Gasteiger partial charge in [0.05, 0.1) is 5.02 Å². The molecule has 2 aliphatic heterocycles. The average molecular weight is 459 g/mol. The van der Waals surface area contributed by atoms with Gasteiger partial charge in [0.25, 0.3) is 5.91 Å². The molecule has 0 spiro atoms. The molecule has 4 rings (SSSR count). The Morgan fingerprint density at radius 1 is 1.00 bits per heavy atom. The van der Waals surface area contributed by atoms with Gasteiger partial charge in [-0.1, -0.05) is 29.8 Å². The Morgan fingerprint density at radius 2 is 1.75 bits per heavy atom. The van der Waals surface area contributed by atoms with Gasteiger partial charge in [-0.15, -0.1) is 0 Å². The van der Waals surface area contributed by atoms with Crippen molar-refractivity contribution < 1.29 is 18.7 Å². The molecule has 2 aliphatic rings. The molecule has 2 heterocycles. The molecule has 2 atom stereocenters. The molecule has 2 saturated heterocycles. The van der Waals surface area contributed by atoms with Gasteiger partial charge in [0.15, 0.2) is 0 Å². The van der Waals surface area contributed by atoms with Crippen molar-refractivity contribution >= 4 is 23.4 Å². The Hall–Kier alpha value is -2.60. The van der Waals surface area contributed by atoms with Gasteiger partial charge >= 0.3 is 0 Å². The number of para-hydroxylation sites is 1. The highest BCUT2D eigenvalue weighted by molar-refractivity contribution is 6.31. The molecule has 0 aliphatic carbocycles. The second-order valence-electron chi connectivity index (χ2n) is 8.54. The maximum Gasteiger partial charge on any atom is 0.253 e. The van der Waals surface area contributed by atoms with Crippen LogP contribution in [0.15, 0.2) is 48.5 Å². The van der Waals surface area contributed by atoms with Crippen LogP contribution in [0.1, 0.15) is 42.5 Å². The van der Waals surface area contributed by atoms with Crippen LogP contribution in [0.3, 0.4) is 0 Å². The van der Waals surface area contributed by atoms with E-state index in [0.717, 1.165) is 38.1 Å². The van der Waals surface area contributed by atoms with Crippen LogP contribution < -0.4 is 4.74 Å². The fourth-order valence-electron chi connectivity index (χ4n) is 4.53. The first-order valence-corrected chi connectivity index (χ1v) is 11.6. The van der Waals surface area contributed by atoms with E-state index in [9.17, 15) is 14.0 Å². The first kappa shape index (κ1) is 22.6. The molecule has 2 aromatic rings. The molecule has 7 heteroatoms. The van der Waals surface area contributed by atoms with Crippen molar-refractivity contribution in [3.8, 4) is 5.75 Å². The minimum atomic E-state index is -0.553. The molecular weight excluding hydrogens is 431 g/mol. The van der Waals surface area contributed by atoms with E-state index in [2.05, 4.69) is 0 Å². The monoisotopic (exact) mass is 458 g/mol. The second-order valence-corrected chi connectivity index (χ2v) is 8.95. The molecule has 0 unspecified atom stereocenters. The Morgan fingerprint density at radius 3 is 2.47 bits per heavy atom. The lowest BCUT2D eigenvalue weighted by molar-refractivity contribution is -0.134. The standard InChI is InChI=1S/C25H28ClFN2O3/c26-21-15-18(9-10-22(21)27)25(31)29-14-11-23(32-20-7-3-1-4-8-20)19(17-29)16-24(30)28-12-5-2-6-13-28/h1,3-4,7-10,15,19,23H,2,5-6,11-14,16-17H2/t19-,23-/m0/s1. The number of rotatable bonds is 5. The summed E-state index contributed by atoms with van der Waals surface area (Å²) in [6.07, 6.45) is 4.04. The summed E-state index contributed by atoms with van der Waals surface area (Å²) in [5.74, 6) is -0.00423. The van der Waals surface area contributed by atoms with Crippen LogP contribution in [-0.4, -0.2) is 53.9 Å². The van der Waals surface area contributed by atoms with Gasteiger partial charge in [0.2, 0.25) is 5.91 Å². The van der Waals surface area contributed by atoms with Crippen molar-refractivity contribution in [2.45, 2.75) is 38.2 Å². The molecule has 5 nitrogen and oxygen atoms in total. The van der Waals surface area contributed by atoms with Crippen molar-refractivity contribution in [3.05, 3.63) is 64.9 Å². The highest BCUT2D eigenvalue weighted by Gasteiger charge is 2.36. The van der Waals surface area contributed by atoms with E-state index >= 15 is 0 Å². The predicted molar refractivity (Wildman–Crippen MR) is 121 cm³/mol. The van der Waals surface area contributed by atoms with Crippen LogP contribution in [-0.2, 0) is 4.79 Å². The third-order valence-corrected chi connectivity index (χ3v) is 6.58. The number of likely N-dealkylation sites (tertiary alicyclic amines) is 2. The van der Waals surface area contributed by atoms with Crippen LogP contribution >= 0.6 is 11.6 Å². The largest absolute Gasteiger partial charge is 0.490 e. The van der Waals surface area contributed by atoms with E-state index in [1.54, 1.807) is 4.90 Å². The smallest absolute Gasteiger partial charge is 0.253 e. The van der Waals surface area contributed by atoms with E-state index in [1.165, 1.54) is 18.2 Å². The summed E-state index contributed by atoms with van der Waals surface area (Å²) < 4.78 is 19.8. The van der Waals surface area contributed by atoms with Crippen LogP contribution in [0.2, 0.25) is 5.02 Å². The van der Waals surface area contributed by atoms with Crippen molar-refractivity contribution in [3.63, 3.8) is 0 Å². The van der Waals surface area contributed by atoms with E-state index < -0.39 is 5.82 Å². The summed E-state index contributed by atoms with van der Waals surface area (Å²) in [6.45, 7) is 2.50. The summed E-state index contributed by atoms with van der Waals surface area (Å²) in [5.41, 5.74) is 0.347. The topological polar surface area (TPSA) is 49.9 Å². The van der Waals surface area contributed by atoms with Crippen LogP contribution in [0.25, 0.3) is 0 Å². The normalized spacial score (nSPS) is 21.3. The number of benzene rings is 2. The maximum atomic E-state index is 13.5. The molecular formula is C25H28ClFN2O3. The van der Waals surface area contributed by atoms with E-state index in [0.29, 0.717) is 31.5 Å². The third-order valence-electron chi connectivity index (χ3n) is 6.29. The Kier molecular flexibility index (Phi) is 7.30. The van der Waals surface area contributed by atoms with Crippen molar-refractivity contribution in [2.24, 2.45) is 5.92 Å². The minimum absolute atomic E-state index is 0.0741. The van der Waals surface area contributed by atoms with Crippen LogP contribution in [0.4, 0.5) is 4.39 Å². The van der Waals surface area contributed by atoms with E-state index in [4.69, 9.17) is 16.3 Å². The number of halogens is 2. The van der Waals surface area contributed by atoms with Gasteiger partial charge in [0.1, 0.15) is 17.7 Å². The Bertz CT molecular complexity index is 949. The fourth-order valence-corrected chi connectivity index (χ4v) is 4.71. The van der Waals surface area contributed by atoms with Gasteiger partial charge in [-0.3, -0.25) is 9.59 Å². The number of carbonyl (C=O) groups is 2. The van der Waals surface area contributed by atoms with Gasteiger partial charge in [-0.25, -0.2) is 4.39 Å². The zero-order chi connectivity index (χ0) is 22.5. The lowest BCUT2D eigenvalue weighted by atomic mass is 9.90. The molecule has 2 amide bonds. The number of piperidine rings is 2. The van der Waals surface area contributed by atoms with Gasteiger partial charge < -0.3 is 14.5 Å². The number of ether oxygens (including phenoxy) is 1. The molecule has 2 aromatic carbocycles.